The Bertz CT molecular complexity index is 389. The molecule has 0 spiro atoms. The third-order valence-corrected chi connectivity index (χ3v) is 4.21. The molecule has 2 saturated heterocycles. The number of nitrogens with zero attached hydrogens (tertiary/aromatic N) is 3. The molecule has 3 heterocycles. The second-order valence-corrected chi connectivity index (χ2v) is 5.05. The summed E-state index contributed by atoms with van der Waals surface area (Å²) in [5.74, 6) is 0.399. The van der Waals surface area contributed by atoms with E-state index in [9.17, 15) is 5.11 Å². The minimum Gasteiger partial charge on any atom is -0.385 e. The van der Waals surface area contributed by atoms with Crippen molar-refractivity contribution >= 4 is 0 Å². The highest BCUT2D eigenvalue weighted by Gasteiger charge is 2.46. The van der Waals surface area contributed by atoms with E-state index in [1.807, 2.05) is 17.1 Å². The first-order chi connectivity index (χ1) is 7.72. The van der Waals surface area contributed by atoms with Crippen molar-refractivity contribution in [3.63, 3.8) is 0 Å². The summed E-state index contributed by atoms with van der Waals surface area (Å²) < 4.78 is 1.90. The lowest BCUT2D eigenvalue weighted by Crippen LogP contribution is -2.43. The Hall–Kier alpha value is -0.870. The summed E-state index contributed by atoms with van der Waals surface area (Å²) in [6.07, 6.45) is 5.83. The van der Waals surface area contributed by atoms with Crippen molar-refractivity contribution in [2.45, 2.75) is 31.9 Å². The zero-order chi connectivity index (χ0) is 11.2. The van der Waals surface area contributed by atoms with Crippen LogP contribution >= 0.6 is 0 Å². The van der Waals surface area contributed by atoms with Crippen LogP contribution < -0.4 is 0 Å². The molecule has 16 heavy (non-hydrogen) atoms. The monoisotopic (exact) mass is 221 g/mol. The lowest BCUT2D eigenvalue weighted by molar-refractivity contribution is -0.0502. The van der Waals surface area contributed by atoms with Gasteiger partial charge in [0.1, 0.15) is 0 Å². The fourth-order valence-corrected chi connectivity index (χ4v) is 3.10. The Kier molecular flexibility index (Phi) is 2.30. The molecule has 2 fully saturated rings. The van der Waals surface area contributed by atoms with Crippen LogP contribution in [0.1, 0.15) is 25.3 Å². The molecule has 0 saturated carbocycles. The van der Waals surface area contributed by atoms with Crippen LogP contribution in [0.25, 0.3) is 0 Å². The molecule has 2 aliphatic heterocycles. The molecule has 1 aromatic rings. The summed E-state index contributed by atoms with van der Waals surface area (Å²) in [7, 11) is 0. The third-order valence-electron chi connectivity index (χ3n) is 4.21. The first-order valence-corrected chi connectivity index (χ1v) is 6.20. The lowest BCUT2D eigenvalue weighted by Gasteiger charge is -2.38. The van der Waals surface area contributed by atoms with E-state index in [1.165, 1.54) is 0 Å². The minimum absolute atomic E-state index is 0.399. The van der Waals surface area contributed by atoms with E-state index >= 15 is 0 Å². The van der Waals surface area contributed by atoms with Crippen LogP contribution in [-0.4, -0.2) is 39.4 Å². The van der Waals surface area contributed by atoms with Crippen molar-refractivity contribution in [3.05, 3.63) is 18.0 Å². The maximum absolute atomic E-state index is 10.9. The molecule has 0 amide bonds. The topological polar surface area (TPSA) is 41.3 Å². The van der Waals surface area contributed by atoms with E-state index < -0.39 is 5.60 Å². The molecule has 3 rings (SSSR count). The van der Waals surface area contributed by atoms with Crippen LogP contribution in [0.4, 0.5) is 0 Å². The highest BCUT2D eigenvalue weighted by Crippen LogP contribution is 2.42. The summed E-state index contributed by atoms with van der Waals surface area (Å²) in [5, 5.41) is 15.1. The molecule has 2 bridgehead atoms. The average Bonchev–Trinajstić information content (AvgIpc) is 2.93. The van der Waals surface area contributed by atoms with Gasteiger partial charge < -0.3 is 10.0 Å². The standard InChI is InChI=1S/C12H19N3O/c1-2-15-9-11(7-13-15)12(16)4-6-14-5-3-10(12)8-14/h7,9-10,16H,2-6,8H2,1H3. The van der Waals surface area contributed by atoms with Crippen LogP contribution in [-0.2, 0) is 12.1 Å². The van der Waals surface area contributed by atoms with Crippen molar-refractivity contribution < 1.29 is 5.11 Å². The normalized spacial score (nSPS) is 37.9. The van der Waals surface area contributed by atoms with Crippen LogP contribution in [0, 0.1) is 5.92 Å². The molecule has 88 valence electrons. The van der Waals surface area contributed by atoms with Gasteiger partial charge in [-0.05, 0) is 26.3 Å². The van der Waals surface area contributed by atoms with Crippen molar-refractivity contribution in [2.24, 2.45) is 5.92 Å². The number of rotatable bonds is 2. The Balaban J connectivity index is 1.91. The Morgan fingerprint density at radius 2 is 2.44 bits per heavy atom. The van der Waals surface area contributed by atoms with Gasteiger partial charge in [-0.1, -0.05) is 0 Å². The minimum atomic E-state index is -0.625. The van der Waals surface area contributed by atoms with Gasteiger partial charge in [0.15, 0.2) is 0 Å². The molecular formula is C12H19N3O. The molecule has 3 atom stereocenters. The summed E-state index contributed by atoms with van der Waals surface area (Å²) in [5.41, 5.74) is 0.390. The molecular weight excluding hydrogens is 202 g/mol. The van der Waals surface area contributed by atoms with Crippen LogP contribution in [0.5, 0.6) is 0 Å². The maximum atomic E-state index is 10.9. The third kappa shape index (κ3) is 1.40. The fraction of sp³-hybridized carbons (Fsp3) is 0.750. The smallest absolute Gasteiger partial charge is 0.0979 e. The van der Waals surface area contributed by atoms with Crippen molar-refractivity contribution in [1.82, 2.24) is 14.7 Å². The van der Waals surface area contributed by atoms with Gasteiger partial charge in [0, 0.05) is 37.3 Å². The number of hydrogen-bond donors (Lipinski definition) is 1. The second kappa shape index (κ2) is 3.57. The van der Waals surface area contributed by atoms with Gasteiger partial charge in [0.2, 0.25) is 0 Å². The van der Waals surface area contributed by atoms with Crippen molar-refractivity contribution in [3.8, 4) is 0 Å². The van der Waals surface area contributed by atoms with Gasteiger partial charge in [0.05, 0.1) is 11.8 Å². The fourth-order valence-electron chi connectivity index (χ4n) is 3.10. The Morgan fingerprint density at radius 3 is 3.19 bits per heavy atom. The maximum Gasteiger partial charge on any atom is 0.0979 e. The van der Waals surface area contributed by atoms with E-state index in [4.69, 9.17) is 0 Å². The number of aryl methyl sites for hydroxylation is 1. The quantitative estimate of drug-likeness (QED) is 0.803. The van der Waals surface area contributed by atoms with E-state index in [2.05, 4.69) is 16.9 Å². The molecule has 4 heteroatoms. The largest absolute Gasteiger partial charge is 0.385 e. The number of hydrogen-bond acceptors (Lipinski definition) is 3. The number of aliphatic hydroxyl groups is 1. The van der Waals surface area contributed by atoms with Gasteiger partial charge in [-0.2, -0.15) is 5.10 Å². The van der Waals surface area contributed by atoms with Crippen LogP contribution in [0.3, 0.4) is 0 Å². The summed E-state index contributed by atoms with van der Waals surface area (Å²) in [6, 6.07) is 0. The first-order valence-electron chi connectivity index (χ1n) is 6.20. The van der Waals surface area contributed by atoms with E-state index in [0.717, 1.165) is 44.6 Å². The summed E-state index contributed by atoms with van der Waals surface area (Å²) in [6.45, 7) is 6.15. The van der Waals surface area contributed by atoms with Gasteiger partial charge >= 0.3 is 0 Å². The molecule has 0 aliphatic carbocycles. The Morgan fingerprint density at radius 1 is 1.56 bits per heavy atom. The van der Waals surface area contributed by atoms with E-state index in [0.29, 0.717) is 5.92 Å². The predicted octanol–water partition coefficient (Wildman–Crippen LogP) is 0.816. The zero-order valence-electron chi connectivity index (χ0n) is 9.76. The highest BCUT2D eigenvalue weighted by molar-refractivity contribution is 5.19. The number of fused-ring (bicyclic) bond motifs is 2. The van der Waals surface area contributed by atoms with Crippen LogP contribution in [0.2, 0.25) is 0 Å². The SMILES string of the molecule is CCn1cc(C2(O)CCN3CCC2C3)cn1. The van der Waals surface area contributed by atoms with Crippen LogP contribution in [0.15, 0.2) is 12.4 Å². The molecule has 3 unspecified atom stereocenters. The van der Waals surface area contributed by atoms with E-state index in [1.54, 1.807) is 0 Å². The average molecular weight is 221 g/mol. The molecule has 4 nitrogen and oxygen atoms in total. The van der Waals surface area contributed by atoms with Gasteiger partial charge in [0.25, 0.3) is 0 Å². The summed E-state index contributed by atoms with van der Waals surface area (Å²) in [4.78, 5) is 2.45. The molecule has 0 aromatic carbocycles. The molecule has 2 aliphatic rings. The van der Waals surface area contributed by atoms with Gasteiger partial charge in [-0.3, -0.25) is 4.68 Å². The predicted molar refractivity (Wildman–Crippen MR) is 61.0 cm³/mol. The van der Waals surface area contributed by atoms with E-state index in [-0.39, 0.29) is 0 Å². The molecule has 1 aromatic heterocycles. The Labute approximate surface area is 95.9 Å². The molecule has 1 N–H and O–H groups in total. The zero-order valence-corrected chi connectivity index (χ0v) is 9.76. The molecule has 0 radical (unpaired) electrons. The van der Waals surface area contributed by atoms with Crippen molar-refractivity contribution in [2.75, 3.05) is 19.6 Å². The highest BCUT2D eigenvalue weighted by atomic mass is 16.3. The van der Waals surface area contributed by atoms with Gasteiger partial charge in [-0.15, -0.1) is 0 Å². The second-order valence-electron chi connectivity index (χ2n) is 5.05. The lowest BCUT2D eigenvalue weighted by atomic mass is 9.78. The number of aromatic nitrogens is 2. The summed E-state index contributed by atoms with van der Waals surface area (Å²) >= 11 is 0. The first kappa shape index (κ1) is 10.3. The van der Waals surface area contributed by atoms with Gasteiger partial charge in [-0.25, -0.2) is 0 Å². The number of piperidine rings is 1. The van der Waals surface area contributed by atoms with Crippen molar-refractivity contribution in [1.29, 1.82) is 0 Å².